The lowest BCUT2D eigenvalue weighted by Crippen LogP contribution is -2.17. The van der Waals surface area contributed by atoms with Crippen molar-refractivity contribution in [3.8, 4) is 0 Å². The molecule has 20 heavy (non-hydrogen) atoms. The molecular weight excluding hydrogens is 252 g/mol. The molecular formula is C15H18N4O. The normalized spacial score (nSPS) is 10.4. The molecule has 1 aromatic heterocycles. The van der Waals surface area contributed by atoms with E-state index in [-0.39, 0.29) is 5.91 Å². The van der Waals surface area contributed by atoms with Crippen molar-refractivity contribution in [1.82, 2.24) is 4.98 Å². The molecule has 1 aromatic carbocycles. The number of pyridine rings is 1. The molecule has 0 unspecified atom stereocenters. The van der Waals surface area contributed by atoms with Crippen LogP contribution in [-0.4, -0.2) is 10.9 Å². The van der Waals surface area contributed by atoms with E-state index >= 15 is 0 Å². The Morgan fingerprint density at radius 1 is 1.30 bits per heavy atom. The first-order valence-corrected chi connectivity index (χ1v) is 6.43. The number of nitrogens with one attached hydrogen (secondary N) is 2. The van der Waals surface area contributed by atoms with Gasteiger partial charge in [0, 0.05) is 18.1 Å². The highest BCUT2D eigenvalue weighted by Gasteiger charge is 2.11. The van der Waals surface area contributed by atoms with Crippen molar-refractivity contribution in [2.45, 2.75) is 19.8 Å². The first-order chi connectivity index (χ1) is 9.61. The lowest BCUT2D eigenvalue weighted by atomic mass is 10.0. The number of nitrogens with two attached hydrogens (primary N) is 1. The summed E-state index contributed by atoms with van der Waals surface area (Å²) < 4.78 is 0. The van der Waals surface area contributed by atoms with Crippen molar-refractivity contribution < 1.29 is 4.79 Å². The van der Waals surface area contributed by atoms with Crippen LogP contribution in [0.3, 0.4) is 0 Å². The fourth-order valence-electron chi connectivity index (χ4n) is 1.88. The number of anilines is 2. The molecule has 1 amide bonds. The molecule has 5 nitrogen and oxygen atoms in total. The molecule has 0 bridgehead atoms. The van der Waals surface area contributed by atoms with Crippen molar-refractivity contribution in [3.05, 3.63) is 53.9 Å². The average molecular weight is 270 g/mol. The van der Waals surface area contributed by atoms with Crippen LogP contribution in [0.4, 0.5) is 11.4 Å². The number of hydrogen-bond donors (Lipinski definition) is 3. The molecule has 0 spiro atoms. The van der Waals surface area contributed by atoms with Crippen molar-refractivity contribution in [2.75, 3.05) is 10.7 Å². The molecule has 104 valence electrons. The average Bonchev–Trinajstić information content (AvgIpc) is 2.47. The summed E-state index contributed by atoms with van der Waals surface area (Å²) in [5.41, 5.74) is 5.37. The third-order valence-corrected chi connectivity index (χ3v) is 3.03. The fraction of sp³-hybridized carbons (Fsp3) is 0.200. The minimum atomic E-state index is -0.244. The largest absolute Gasteiger partial charge is 0.323 e. The van der Waals surface area contributed by atoms with Crippen LogP contribution in [0.5, 0.6) is 0 Å². The van der Waals surface area contributed by atoms with Crippen LogP contribution in [0, 0.1) is 0 Å². The van der Waals surface area contributed by atoms with E-state index in [4.69, 9.17) is 5.84 Å². The fourth-order valence-corrected chi connectivity index (χ4v) is 1.88. The minimum absolute atomic E-state index is 0.244. The van der Waals surface area contributed by atoms with Gasteiger partial charge in [0.05, 0.1) is 11.3 Å². The molecule has 0 aliphatic carbocycles. The van der Waals surface area contributed by atoms with Gasteiger partial charge in [-0.2, -0.15) is 0 Å². The number of nitrogens with zero attached hydrogens (tertiary/aromatic N) is 1. The zero-order chi connectivity index (χ0) is 14.5. The minimum Gasteiger partial charge on any atom is -0.323 e. The molecule has 4 N–H and O–H groups in total. The van der Waals surface area contributed by atoms with E-state index in [1.807, 2.05) is 24.3 Å². The highest BCUT2D eigenvalue weighted by Crippen LogP contribution is 2.20. The molecule has 0 saturated heterocycles. The summed E-state index contributed by atoms with van der Waals surface area (Å²) in [4.78, 5) is 16.2. The Hall–Kier alpha value is -2.40. The number of nitrogen functional groups attached to an aromatic ring is 1. The van der Waals surface area contributed by atoms with Crippen molar-refractivity contribution in [1.29, 1.82) is 0 Å². The van der Waals surface area contributed by atoms with Gasteiger partial charge >= 0.3 is 0 Å². The molecule has 1 heterocycles. The maximum atomic E-state index is 12.2. The van der Waals surface area contributed by atoms with Crippen LogP contribution < -0.4 is 16.6 Å². The molecule has 2 aromatic rings. The van der Waals surface area contributed by atoms with Gasteiger partial charge in [0.1, 0.15) is 0 Å². The monoisotopic (exact) mass is 270 g/mol. The molecule has 0 fully saturated rings. The van der Waals surface area contributed by atoms with Crippen LogP contribution in [-0.2, 0) is 0 Å². The first kappa shape index (κ1) is 14.0. The first-order valence-electron chi connectivity index (χ1n) is 6.43. The summed E-state index contributed by atoms with van der Waals surface area (Å²) in [6, 6.07) is 9.44. The maximum absolute atomic E-state index is 12.2. The third-order valence-electron chi connectivity index (χ3n) is 3.03. The van der Waals surface area contributed by atoms with Gasteiger partial charge in [0.15, 0.2) is 0 Å². The number of rotatable bonds is 4. The summed E-state index contributed by atoms with van der Waals surface area (Å²) in [5, 5.41) is 2.85. The number of amides is 1. The van der Waals surface area contributed by atoms with Gasteiger partial charge in [-0.1, -0.05) is 26.0 Å². The topological polar surface area (TPSA) is 80.0 Å². The second-order valence-electron chi connectivity index (χ2n) is 4.80. The molecule has 0 atom stereocenters. The highest BCUT2D eigenvalue weighted by molar-refractivity contribution is 6.07. The van der Waals surface area contributed by atoms with E-state index in [1.54, 1.807) is 12.3 Å². The van der Waals surface area contributed by atoms with Gasteiger partial charge in [-0.05, 0) is 29.7 Å². The summed E-state index contributed by atoms with van der Waals surface area (Å²) in [5.74, 6) is 5.55. The zero-order valence-electron chi connectivity index (χ0n) is 11.6. The van der Waals surface area contributed by atoms with Crippen LogP contribution in [0.1, 0.15) is 35.7 Å². The summed E-state index contributed by atoms with van der Waals surface area (Å²) in [7, 11) is 0. The SMILES string of the molecule is CC(C)c1cccc(NC(=O)c2cnccc2NN)c1. The van der Waals surface area contributed by atoms with Crippen LogP contribution in [0.2, 0.25) is 0 Å². The molecule has 2 rings (SSSR count). The number of carbonyl (C=O) groups is 1. The summed E-state index contributed by atoms with van der Waals surface area (Å²) in [6.07, 6.45) is 3.06. The van der Waals surface area contributed by atoms with E-state index in [0.29, 0.717) is 17.2 Å². The van der Waals surface area contributed by atoms with Gasteiger partial charge < -0.3 is 10.7 Å². The molecule has 0 aliphatic heterocycles. The Bertz CT molecular complexity index is 610. The molecule has 5 heteroatoms. The van der Waals surface area contributed by atoms with Gasteiger partial charge in [0.25, 0.3) is 5.91 Å². The summed E-state index contributed by atoms with van der Waals surface area (Å²) >= 11 is 0. The maximum Gasteiger partial charge on any atom is 0.259 e. The zero-order valence-corrected chi connectivity index (χ0v) is 11.6. The molecule has 0 radical (unpaired) electrons. The van der Waals surface area contributed by atoms with E-state index in [2.05, 4.69) is 29.6 Å². The number of aromatic nitrogens is 1. The van der Waals surface area contributed by atoms with E-state index < -0.39 is 0 Å². The Kier molecular flexibility index (Phi) is 4.32. The Balaban J connectivity index is 2.21. The lowest BCUT2D eigenvalue weighted by Gasteiger charge is -2.11. The van der Waals surface area contributed by atoms with Crippen LogP contribution >= 0.6 is 0 Å². The van der Waals surface area contributed by atoms with Crippen LogP contribution in [0.25, 0.3) is 0 Å². The van der Waals surface area contributed by atoms with Crippen molar-refractivity contribution >= 4 is 17.3 Å². The van der Waals surface area contributed by atoms with E-state index in [0.717, 1.165) is 5.69 Å². The van der Waals surface area contributed by atoms with E-state index in [1.165, 1.54) is 11.8 Å². The lowest BCUT2D eigenvalue weighted by molar-refractivity contribution is 0.102. The van der Waals surface area contributed by atoms with Crippen molar-refractivity contribution in [2.24, 2.45) is 5.84 Å². The predicted molar refractivity (Wildman–Crippen MR) is 80.5 cm³/mol. The number of hydrazine groups is 1. The number of hydrogen-bond acceptors (Lipinski definition) is 4. The smallest absolute Gasteiger partial charge is 0.259 e. The van der Waals surface area contributed by atoms with E-state index in [9.17, 15) is 4.79 Å². The Morgan fingerprint density at radius 2 is 2.10 bits per heavy atom. The van der Waals surface area contributed by atoms with Crippen LogP contribution in [0.15, 0.2) is 42.7 Å². The quantitative estimate of drug-likeness (QED) is 0.589. The Labute approximate surface area is 118 Å². The number of carbonyl (C=O) groups excluding carboxylic acids is 1. The second kappa shape index (κ2) is 6.16. The standard InChI is InChI=1S/C15H18N4O/c1-10(2)11-4-3-5-12(8-11)18-15(20)13-9-17-7-6-14(13)19-16/h3-10H,16H2,1-2H3,(H,17,19)(H,18,20). The predicted octanol–water partition coefficient (Wildman–Crippen LogP) is 2.74. The molecule has 0 aliphatic rings. The number of benzene rings is 1. The van der Waals surface area contributed by atoms with Gasteiger partial charge in [0.2, 0.25) is 0 Å². The van der Waals surface area contributed by atoms with Gasteiger partial charge in [-0.3, -0.25) is 15.6 Å². The van der Waals surface area contributed by atoms with Gasteiger partial charge in [-0.15, -0.1) is 0 Å². The highest BCUT2D eigenvalue weighted by atomic mass is 16.1. The second-order valence-corrected chi connectivity index (χ2v) is 4.80. The van der Waals surface area contributed by atoms with Crippen molar-refractivity contribution in [3.63, 3.8) is 0 Å². The molecule has 0 saturated carbocycles. The van der Waals surface area contributed by atoms with Gasteiger partial charge in [-0.25, -0.2) is 0 Å². The third kappa shape index (κ3) is 3.13. The summed E-state index contributed by atoms with van der Waals surface area (Å²) in [6.45, 7) is 4.22. The Morgan fingerprint density at radius 3 is 2.80 bits per heavy atom.